The van der Waals surface area contributed by atoms with E-state index in [4.69, 9.17) is 0 Å². The van der Waals surface area contributed by atoms with Crippen LogP contribution >= 0.6 is 0 Å². The highest BCUT2D eigenvalue weighted by atomic mass is 19.1. The number of phenolic OH excluding ortho intramolecular Hbond substituents is 1. The summed E-state index contributed by atoms with van der Waals surface area (Å²) < 4.78 is 16.2. The van der Waals surface area contributed by atoms with Gasteiger partial charge in [-0.3, -0.25) is 4.79 Å². The maximum atomic E-state index is 14.6. The molecule has 0 fully saturated rings. The highest BCUT2D eigenvalue weighted by Gasteiger charge is 2.40. The summed E-state index contributed by atoms with van der Waals surface area (Å²) in [6.07, 6.45) is 2.16. The Kier molecular flexibility index (Phi) is 3.75. The lowest BCUT2D eigenvalue weighted by Crippen LogP contribution is -2.34. The van der Waals surface area contributed by atoms with E-state index in [1.807, 2.05) is 12.1 Å². The number of ketones is 1. The number of para-hydroxylation sites is 1. The van der Waals surface area contributed by atoms with Crippen LogP contribution in [0.1, 0.15) is 35.9 Å². The molecule has 1 aliphatic carbocycles. The molecule has 2 N–H and O–H groups in total. The van der Waals surface area contributed by atoms with E-state index in [2.05, 4.69) is 15.4 Å². The average Bonchev–Trinajstić information content (AvgIpc) is 3.15. The predicted molar refractivity (Wildman–Crippen MR) is 100 cm³/mol. The molecule has 3 aromatic rings. The second kappa shape index (κ2) is 6.30. The van der Waals surface area contributed by atoms with Crippen LogP contribution in [0.3, 0.4) is 0 Å². The molecular weight excluding hydrogens is 359 g/mol. The van der Waals surface area contributed by atoms with Crippen molar-refractivity contribution in [1.82, 2.24) is 14.8 Å². The number of carbonyl (C=O) groups is 1. The van der Waals surface area contributed by atoms with Gasteiger partial charge in [0.05, 0.1) is 0 Å². The van der Waals surface area contributed by atoms with Gasteiger partial charge in [-0.15, -0.1) is 0 Å². The zero-order valence-corrected chi connectivity index (χ0v) is 14.8. The summed E-state index contributed by atoms with van der Waals surface area (Å²) in [6, 6.07) is 12.8. The largest absolute Gasteiger partial charge is 0.508 e. The lowest BCUT2D eigenvalue weighted by molar-refractivity contribution is -0.116. The van der Waals surface area contributed by atoms with Gasteiger partial charge in [0.25, 0.3) is 0 Å². The Bertz CT molecular complexity index is 1120. The Hall–Kier alpha value is -3.48. The zero-order chi connectivity index (χ0) is 19.3. The van der Waals surface area contributed by atoms with Crippen LogP contribution in [0, 0.1) is 5.82 Å². The number of benzene rings is 2. The van der Waals surface area contributed by atoms with Gasteiger partial charge in [-0.05, 0) is 24.1 Å². The number of carbonyl (C=O) groups excluding carboxylic acids is 1. The van der Waals surface area contributed by atoms with Crippen molar-refractivity contribution in [2.45, 2.75) is 24.8 Å². The van der Waals surface area contributed by atoms with E-state index < -0.39 is 11.9 Å². The lowest BCUT2D eigenvalue weighted by Gasteiger charge is -2.35. The molecule has 5 rings (SSSR count). The third kappa shape index (κ3) is 2.51. The van der Waals surface area contributed by atoms with Crippen molar-refractivity contribution in [2.75, 3.05) is 5.32 Å². The van der Waals surface area contributed by atoms with Gasteiger partial charge in [0.1, 0.15) is 23.9 Å². The Balaban J connectivity index is 1.63. The maximum absolute atomic E-state index is 14.6. The Morgan fingerprint density at radius 1 is 1.07 bits per heavy atom. The number of phenols is 1. The molecule has 2 heterocycles. The molecule has 0 radical (unpaired) electrons. The van der Waals surface area contributed by atoms with E-state index in [1.54, 1.807) is 35.0 Å². The number of Topliss-reactive ketones (excluding diaryl/α,β-unsaturated/α-hetero) is 1. The number of hydrogen-bond acceptors (Lipinski definition) is 5. The second-order valence-electron chi connectivity index (χ2n) is 7.06. The number of aromatic hydroxyl groups is 1. The van der Waals surface area contributed by atoms with Crippen molar-refractivity contribution < 1.29 is 14.3 Å². The van der Waals surface area contributed by atoms with E-state index in [9.17, 15) is 14.3 Å². The van der Waals surface area contributed by atoms with Gasteiger partial charge in [0, 0.05) is 29.2 Å². The number of fused-ring (bicyclic) bond motifs is 1. The van der Waals surface area contributed by atoms with Crippen LogP contribution < -0.4 is 5.32 Å². The highest BCUT2D eigenvalue weighted by molar-refractivity contribution is 6.00. The van der Waals surface area contributed by atoms with Gasteiger partial charge in [-0.1, -0.05) is 36.4 Å². The van der Waals surface area contributed by atoms with Gasteiger partial charge in [0.15, 0.2) is 5.78 Å². The summed E-state index contributed by atoms with van der Waals surface area (Å²) in [5, 5.41) is 17.6. The van der Waals surface area contributed by atoms with Crippen LogP contribution in [0.15, 0.2) is 66.1 Å². The molecule has 6 nitrogen and oxygen atoms in total. The summed E-state index contributed by atoms with van der Waals surface area (Å²) in [5.74, 6) is 0.0112. The van der Waals surface area contributed by atoms with Crippen LogP contribution in [0.2, 0.25) is 0 Å². The molecule has 2 aliphatic rings. The van der Waals surface area contributed by atoms with Crippen molar-refractivity contribution in [1.29, 1.82) is 0 Å². The van der Waals surface area contributed by atoms with E-state index in [0.717, 1.165) is 5.56 Å². The molecule has 0 saturated heterocycles. The van der Waals surface area contributed by atoms with E-state index >= 15 is 0 Å². The van der Waals surface area contributed by atoms with Gasteiger partial charge >= 0.3 is 0 Å². The first-order chi connectivity index (χ1) is 13.6. The number of halogens is 1. The standard InChI is InChI=1S/C21H17FN4O2/c22-15-7-3-1-6-14(15)20-19-16(25-21-23-11-24-26(20)21)9-12(10-18(19)28)13-5-2-4-8-17(13)27/h1-8,11-12,20,27H,9-10H2,(H,23,24,25)/t12-,20+/m0/s1. The molecule has 2 aromatic carbocycles. The summed E-state index contributed by atoms with van der Waals surface area (Å²) in [6.45, 7) is 0. The van der Waals surface area contributed by atoms with Crippen LogP contribution in [0.5, 0.6) is 5.75 Å². The zero-order valence-electron chi connectivity index (χ0n) is 14.8. The van der Waals surface area contributed by atoms with E-state index in [1.165, 1.54) is 12.4 Å². The minimum absolute atomic E-state index is 0.0867. The quantitative estimate of drug-likeness (QED) is 0.715. The van der Waals surface area contributed by atoms with Crippen LogP contribution in [0.4, 0.5) is 10.3 Å². The minimum Gasteiger partial charge on any atom is -0.508 e. The molecule has 0 amide bonds. The minimum atomic E-state index is -0.659. The topological polar surface area (TPSA) is 80.0 Å². The van der Waals surface area contributed by atoms with Crippen LogP contribution in [0.25, 0.3) is 0 Å². The molecule has 1 aromatic heterocycles. The van der Waals surface area contributed by atoms with Crippen LogP contribution in [-0.2, 0) is 4.79 Å². The number of anilines is 1. The number of hydrogen-bond donors (Lipinski definition) is 2. The molecule has 0 saturated carbocycles. The van der Waals surface area contributed by atoms with Crippen LogP contribution in [-0.4, -0.2) is 25.7 Å². The Labute approximate surface area is 160 Å². The smallest absolute Gasteiger partial charge is 0.226 e. The van der Waals surface area contributed by atoms with Gasteiger partial charge in [-0.25, -0.2) is 9.07 Å². The summed E-state index contributed by atoms with van der Waals surface area (Å²) in [7, 11) is 0. The normalized spacial score (nSPS) is 21.1. The van der Waals surface area contributed by atoms with E-state index in [0.29, 0.717) is 29.2 Å². The number of aromatic nitrogens is 3. The number of nitrogens with zero attached hydrogens (tertiary/aromatic N) is 3. The Morgan fingerprint density at radius 2 is 1.82 bits per heavy atom. The maximum Gasteiger partial charge on any atom is 0.226 e. The fourth-order valence-electron chi connectivity index (χ4n) is 4.19. The first-order valence-electron chi connectivity index (χ1n) is 9.08. The van der Waals surface area contributed by atoms with Crippen molar-refractivity contribution >= 4 is 11.7 Å². The molecular formula is C21H17FN4O2. The first kappa shape index (κ1) is 16.7. The number of allylic oxidation sites excluding steroid dienone is 2. The first-order valence-corrected chi connectivity index (χ1v) is 9.08. The van der Waals surface area contributed by atoms with Gasteiger partial charge in [-0.2, -0.15) is 10.1 Å². The summed E-state index contributed by atoms with van der Waals surface area (Å²) in [4.78, 5) is 17.4. The predicted octanol–water partition coefficient (Wildman–Crippen LogP) is 3.54. The third-order valence-corrected chi connectivity index (χ3v) is 5.44. The molecule has 7 heteroatoms. The van der Waals surface area contributed by atoms with Gasteiger partial charge < -0.3 is 10.4 Å². The van der Waals surface area contributed by atoms with Crippen molar-refractivity contribution in [2.24, 2.45) is 0 Å². The lowest BCUT2D eigenvalue weighted by atomic mass is 9.77. The average molecular weight is 376 g/mol. The fraction of sp³-hybridized carbons (Fsp3) is 0.190. The molecule has 0 unspecified atom stereocenters. The third-order valence-electron chi connectivity index (χ3n) is 5.44. The Morgan fingerprint density at radius 3 is 2.61 bits per heavy atom. The highest BCUT2D eigenvalue weighted by Crippen LogP contribution is 2.45. The molecule has 28 heavy (non-hydrogen) atoms. The monoisotopic (exact) mass is 376 g/mol. The summed E-state index contributed by atoms with van der Waals surface area (Å²) in [5.41, 5.74) is 2.34. The molecule has 0 spiro atoms. The molecule has 0 bridgehead atoms. The molecule has 2 atom stereocenters. The second-order valence-corrected chi connectivity index (χ2v) is 7.06. The summed E-state index contributed by atoms with van der Waals surface area (Å²) >= 11 is 0. The number of rotatable bonds is 2. The molecule has 1 aliphatic heterocycles. The van der Waals surface area contributed by atoms with Crippen molar-refractivity contribution in [3.63, 3.8) is 0 Å². The van der Waals surface area contributed by atoms with Crippen molar-refractivity contribution in [3.8, 4) is 5.75 Å². The van der Waals surface area contributed by atoms with Crippen molar-refractivity contribution in [3.05, 3.63) is 83.1 Å². The molecule has 140 valence electrons. The fourth-order valence-corrected chi connectivity index (χ4v) is 4.19. The van der Waals surface area contributed by atoms with E-state index in [-0.39, 0.29) is 23.9 Å². The van der Waals surface area contributed by atoms with Gasteiger partial charge in [0.2, 0.25) is 5.95 Å². The SMILES string of the molecule is O=C1C[C@@H](c2ccccc2O)CC2=C1[C@@H](c1ccccc1F)n1ncnc1N2. The number of nitrogens with one attached hydrogen (secondary N) is 1.